The van der Waals surface area contributed by atoms with Gasteiger partial charge in [0.1, 0.15) is 11.6 Å². The van der Waals surface area contributed by atoms with Crippen LogP contribution >= 0.6 is 0 Å². The summed E-state index contributed by atoms with van der Waals surface area (Å²) in [7, 11) is 3.25. The molecule has 0 aliphatic carbocycles. The highest BCUT2D eigenvalue weighted by molar-refractivity contribution is 5.63. The van der Waals surface area contributed by atoms with Crippen LogP contribution < -0.4 is 0 Å². The minimum Gasteiger partial charge on any atom is -0.388 e. The second-order valence-corrected chi connectivity index (χ2v) is 5.15. The number of halogens is 2. The molecule has 0 aliphatic rings. The van der Waals surface area contributed by atoms with Crippen molar-refractivity contribution in [3.8, 4) is 11.1 Å². The number of ether oxygens (including phenoxy) is 1. The zero-order chi connectivity index (χ0) is 16.4. The van der Waals surface area contributed by atoms with E-state index in [9.17, 15) is 8.78 Å². The molecule has 3 heteroatoms. The highest BCUT2D eigenvalue weighted by Gasteiger charge is 2.11. The third-order valence-corrected chi connectivity index (χ3v) is 3.28. The lowest BCUT2D eigenvalue weighted by Gasteiger charge is -2.08. The Balaban J connectivity index is 0.000000745. The lowest BCUT2D eigenvalue weighted by molar-refractivity contribution is 0.277. The summed E-state index contributed by atoms with van der Waals surface area (Å²) in [5.74, 6) is -0.870. The van der Waals surface area contributed by atoms with Gasteiger partial charge in [-0.1, -0.05) is 50.1 Å². The van der Waals surface area contributed by atoms with Gasteiger partial charge in [-0.15, -0.1) is 0 Å². The first-order chi connectivity index (χ1) is 10.6. The molecule has 0 amide bonds. The summed E-state index contributed by atoms with van der Waals surface area (Å²) in [5, 5.41) is 0. The molecule has 0 spiro atoms. The van der Waals surface area contributed by atoms with Gasteiger partial charge in [0, 0.05) is 19.8 Å². The summed E-state index contributed by atoms with van der Waals surface area (Å²) in [6.45, 7) is 2.07. The molecule has 0 aromatic heterocycles. The molecular weight excluding hydrogens is 282 g/mol. The summed E-state index contributed by atoms with van der Waals surface area (Å²) in [6, 6.07) is 12.2. The third kappa shape index (κ3) is 5.57. The minimum absolute atomic E-state index is 0.216. The number of unbranched alkanes of at least 4 members (excludes halogenated alkanes) is 2. The maximum atomic E-state index is 14.0. The van der Waals surface area contributed by atoms with Crippen LogP contribution in [0.4, 0.5) is 8.78 Å². The van der Waals surface area contributed by atoms with Crippen molar-refractivity contribution in [1.29, 1.82) is 0 Å². The number of benzene rings is 2. The van der Waals surface area contributed by atoms with Crippen molar-refractivity contribution in [3.63, 3.8) is 0 Å². The normalized spacial score (nSPS) is 10.0. The smallest absolute Gasteiger partial charge is 0.129 e. The van der Waals surface area contributed by atoms with Gasteiger partial charge < -0.3 is 4.74 Å². The van der Waals surface area contributed by atoms with E-state index < -0.39 is 11.6 Å². The van der Waals surface area contributed by atoms with Gasteiger partial charge in [0.05, 0.1) is 0 Å². The molecule has 0 atom stereocenters. The molecule has 0 radical (unpaired) electrons. The quantitative estimate of drug-likeness (QED) is 0.651. The predicted octanol–water partition coefficient (Wildman–Crippen LogP) is 5.63. The standard InChI is InChI=1S/C17H18F2.C2H6O/c1-2-3-5-10-15-16(18)11-14(12-17(15)19)13-8-6-4-7-9-13;1-3-2/h4,6-9,11-12H,2-3,5,10H2,1H3;1-2H3. The van der Waals surface area contributed by atoms with Crippen LogP contribution in [-0.2, 0) is 11.2 Å². The molecule has 0 N–H and O–H groups in total. The van der Waals surface area contributed by atoms with Crippen LogP contribution in [0.25, 0.3) is 11.1 Å². The van der Waals surface area contributed by atoms with Crippen LogP contribution in [0.15, 0.2) is 42.5 Å². The van der Waals surface area contributed by atoms with Crippen molar-refractivity contribution in [2.24, 2.45) is 0 Å². The van der Waals surface area contributed by atoms with E-state index in [1.54, 1.807) is 14.2 Å². The summed E-state index contributed by atoms with van der Waals surface area (Å²) >= 11 is 0. The van der Waals surface area contributed by atoms with Crippen LogP contribution in [0.3, 0.4) is 0 Å². The Morgan fingerprint density at radius 3 is 1.91 bits per heavy atom. The Morgan fingerprint density at radius 1 is 0.864 bits per heavy atom. The van der Waals surface area contributed by atoms with E-state index >= 15 is 0 Å². The molecule has 0 unspecified atom stereocenters. The molecule has 0 heterocycles. The highest BCUT2D eigenvalue weighted by Crippen LogP contribution is 2.25. The van der Waals surface area contributed by atoms with E-state index in [4.69, 9.17) is 0 Å². The molecule has 0 bridgehead atoms. The molecule has 2 rings (SSSR count). The maximum absolute atomic E-state index is 14.0. The molecule has 2 aromatic rings. The minimum atomic E-state index is -0.435. The van der Waals surface area contributed by atoms with E-state index in [1.165, 1.54) is 12.1 Å². The predicted molar refractivity (Wildman–Crippen MR) is 88.0 cm³/mol. The number of hydrogen-bond acceptors (Lipinski definition) is 1. The topological polar surface area (TPSA) is 9.23 Å². The summed E-state index contributed by atoms with van der Waals surface area (Å²) in [5.41, 5.74) is 1.64. The van der Waals surface area contributed by atoms with Crippen molar-refractivity contribution in [1.82, 2.24) is 0 Å². The fraction of sp³-hybridized carbons (Fsp3) is 0.368. The van der Waals surface area contributed by atoms with E-state index in [2.05, 4.69) is 11.7 Å². The zero-order valence-electron chi connectivity index (χ0n) is 13.5. The SMILES string of the molecule is CCCCCc1c(F)cc(-c2ccccc2)cc1F.COC. The Bertz CT molecular complexity index is 530. The average Bonchev–Trinajstić information content (AvgIpc) is 2.51. The fourth-order valence-electron chi connectivity index (χ4n) is 2.19. The molecule has 1 nitrogen and oxygen atoms in total. The lowest BCUT2D eigenvalue weighted by Crippen LogP contribution is -1.97. The molecule has 0 aliphatic heterocycles. The van der Waals surface area contributed by atoms with Crippen molar-refractivity contribution >= 4 is 0 Å². The molecule has 0 saturated carbocycles. The second-order valence-electron chi connectivity index (χ2n) is 5.15. The number of methoxy groups -OCH3 is 1. The number of rotatable bonds is 5. The summed E-state index contributed by atoms with van der Waals surface area (Å²) < 4.78 is 32.2. The van der Waals surface area contributed by atoms with Crippen molar-refractivity contribution in [2.75, 3.05) is 14.2 Å². The largest absolute Gasteiger partial charge is 0.388 e. The second kappa shape index (κ2) is 10.1. The van der Waals surface area contributed by atoms with E-state index in [0.717, 1.165) is 24.8 Å². The van der Waals surface area contributed by atoms with E-state index in [-0.39, 0.29) is 5.56 Å². The Morgan fingerprint density at radius 2 is 1.41 bits per heavy atom. The molecular formula is C19H24F2O. The van der Waals surface area contributed by atoms with Crippen LogP contribution in [0.2, 0.25) is 0 Å². The monoisotopic (exact) mass is 306 g/mol. The Kier molecular flexibility index (Phi) is 8.38. The van der Waals surface area contributed by atoms with E-state index in [0.29, 0.717) is 12.0 Å². The molecule has 120 valence electrons. The average molecular weight is 306 g/mol. The van der Waals surface area contributed by atoms with Crippen molar-refractivity contribution in [3.05, 3.63) is 59.7 Å². The van der Waals surface area contributed by atoms with Crippen LogP contribution in [0, 0.1) is 11.6 Å². The Hall–Kier alpha value is -1.74. The molecule has 2 aromatic carbocycles. The van der Waals surface area contributed by atoms with Gasteiger partial charge in [-0.3, -0.25) is 0 Å². The van der Waals surface area contributed by atoms with Gasteiger partial charge in [0.2, 0.25) is 0 Å². The first-order valence-electron chi connectivity index (χ1n) is 7.57. The number of hydrogen-bond donors (Lipinski definition) is 0. The summed E-state index contributed by atoms with van der Waals surface area (Å²) in [4.78, 5) is 0. The van der Waals surface area contributed by atoms with E-state index in [1.807, 2.05) is 30.3 Å². The molecule has 0 fully saturated rings. The third-order valence-electron chi connectivity index (χ3n) is 3.28. The lowest BCUT2D eigenvalue weighted by atomic mass is 10.00. The first-order valence-corrected chi connectivity index (χ1v) is 7.57. The van der Waals surface area contributed by atoms with Gasteiger partial charge >= 0.3 is 0 Å². The molecule has 22 heavy (non-hydrogen) atoms. The maximum Gasteiger partial charge on any atom is 0.129 e. The van der Waals surface area contributed by atoms with Crippen LogP contribution in [-0.4, -0.2) is 14.2 Å². The van der Waals surface area contributed by atoms with Gasteiger partial charge in [0.15, 0.2) is 0 Å². The van der Waals surface area contributed by atoms with Crippen molar-refractivity contribution < 1.29 is 13.5 Å². The summed E-state index contributed by atoms with van der Waals surface area (Å²) in [6.07, 6.45) is 3.35. The molecule has 0 saturated heterocycles. The van der Waals surface area contributed by atoms with Crippen LogP contribution in [0.5, 0.6) is 0 Å². The van der Waals surface area contributed by atoms with Gasteiger partial charge in [-0.25, -0.2) is 8.78 Å². The van der Waals surface area contributed by atoms with Gasteiger partial charge in [-0.05, 0) is 36.1 Å². The fourth-order valence-corrected chi connectivity index (χ4v) is 2.19. The van der Waals surface area contributed by atoms with Gasteiger partial charge in [-0.2, -0.15) is 0 Å². The van der Waals surface area contributed by atoms with Gasteiger partial charge in [0.25, 0.3) is 0 Å². The highest BCUT2D eigenvalue weighted by atomic mass is 19.1. The Labute approximate surface area is 131 Å². The zero-order valence-corrected chi connectivity index (χ0v) is 13.5. The van der Waals surface area contributed by atoms with Crippen LogP contribution in [0.1, 0.15) is 31.7 Å². The van der Waals surface area contributed by atoms with Crippen molar-refractivity contribution in [2.45, 2.75) is 32.6 Å². The first kappa shape index (κ1) is 18.3.